The molecule has 2 aliphatic heterocycles. The van der Waals surface area contributed by atoms with Crippen LogP contribution in [0.4, 0.5) is 0 Å². The normalized spacial score (nSPS) is 24.7. The zero-order chi connectivity index (χ0) is 15.4. The Morgan fingerprint density at radius 3 is 2.64 bits per heavy atom. The van der Waals surface area contributed by atoms with Crippen molar-refractivity contribution in [2.75, 3.05) is 20.3 Å². The number of piperidine rings is 1. The molecule has 3 rings (SSSR count). The molecular formula is C19H27NO2. The Morgan fingerprint density at radius 2 is 1.91 bits per heavy atom. The zero-order valence-electron chi connectivity index (χ0n) is 13.8. The van der Waals surface area contributed by atoms with E-state index in [1.54, 1.807) is 5.57 Å². The summed E-state index contributed by atoms with van der Waals surface area (Å²) in [6, 6.07) is 9.34. The number of ether oxygens (including phenoxy) is 2. The lowest BCUT2D eigenvalue weighted by Crippen LogP contribution is -2.45. The molecule has 0 radical (unpaired) electrons. The first-order valence-corrected chi connectivity index (χ1v) is 8.54. The van der Waals surface area contributed by atoms with Gasteiger partial charge in [0.2, 0.25) is 0 Å². The van der Waals surface area contributed by atoms with Crippen LogP contribution in [0.2, 0.25) is 0 Å². The number of para-hydroxylation sites is 2. The summed E-state index contributed by atoms with van der Waals surface area (Å²) in [5, 5.41) is 0. The molecule has 1 fully saturated rings. The Morgan fingerprint density at radius 1 is 1.14 bits per heavy atom. The maximum atomic E-state index is 5.96. The number of fused-ring (bicyclic) bond motifs is 2. The summed E-state index contributed by atoms with van der Waals surface area (Å²) in [4.78, 5) is 2.55. The molecule has 120 valence electrons. The first-order chi connectivity index (χ1) is 10.8. The summed E-state index contributed by atoms with van der Waals surface area (Å²) >= 11 is 0. The molecule has 0 amide bonds. The third-order valence-corrected chi connectivity index (χ3v) is 4.89. The fourth-order valence-electron chi connectivity index (χ4n) is 3.65. The van der Waals surface area contributed by atoms with E-state index in [1.807, 2.05) is 31.2 Å². The van der Waals surface area contributed by atoms with E-state index >= 15 is 0 Å². The van der Waals surface area contributed by atoms with Crippen LogP contribution in [0.15, 0.2) is 35.9 Å². The van der Waals surface area contributed by atoms with Gasteiger partial charge in [-0.25, -0.2) is 0 Å². The maximum Gasteiger partial charge on any atom is 0.161 e. The van der Waals surface area contributed by atoms with Crippen LogP contribution in [0.1, 0.15) is 39.0 Å². The standard InChI is InChI=1S/C19H27NO2/c1-3-21-18-9-4-5-10-19(18)22-12-11-15-13-16-7-6-8-17(14-15)20(16)2/h4-5,9-10,13,16-17H,3,6-8,11-12,14H2,1-2H3. The summed E-state index contributed by atoms with van der Waals surface area (Å²) < 4.78 is 11.6. The minimum atomic E-state index is 0.651. The second-order valence-corrected chi connectivity index (χ2v) is 6.32. The van der Waals surface area contributed by atoms with Crippen molar-refractivity contribution in [3.8, 4) is 11.5 Å². The molecule has 1 aromatic carbocycles. The SMILES string of the molecule is CCOc1ccccc1OCCC1=CC2CCCC(C1)N2C. The van der Waals surface area contributed by atoms with E-state index in [0.717, 1.165) is 30.6 Å². The van der Waals surface area contributed by atoms with Gasteiger partial charge in [0.1, 0.15) is 0 Å². The third kappa shape index (κ3) is 3.46. The van der Waals surface area contributed by atoms with Crippen LogP contribution in [0, 0.1) is 0 Å². The molecule has 0 aliphatic carbocycles. The number of nitrogens with zero attached hydrogens (tertiary/aromatic N) is 1. The molecule has 0 N–H and O–H groups in total. The highest BCUT2D eigenvalue weighted by Gasteiger charge is 2.30. The maximum absolute atomic E-state index is 5.96. The fraction of sp³-hybridized carbons (Fsp3) is 0.579. The largest absolute Gasteiger partial charge is 0.490 e. The fourth-order valence-corrected chi connectivity index (χ4v) is 3.65. The van der Waals surface area contributed by atoms with Crippen molar-refractivity contribution >= 4 is 0 Å². The monoisotopic (exact) mass is 301 g/mol. The van der Waals surface area contributed by atoms with Crippen LogP contribution >= 0.6 is 0 Å². The average Bonchev–Trinajstić information content (AvgIpc) is 2.50. The summed E-state index contributed by atoms with van der Waals surface area (Å²) in [5.74, 6) is 1.71. The molecule has 2 unspecified atom stereocenters. The van der Waals surface area contributed by atoms with Gasteiger partial charge in [0.15, 0.2) is 11.5 Å². The molecule has 22 heavy (non-hydrogen) atoms. The van der Waals surface area contributed by atoms with Crippen molar-refractivity contribution in [2.24, 2.45) is 0 Å². The molecule has 3 nitrogen and oxygen atoms in total. The van der Waals surface area contributed by atoms with Crippen molar-refractivity contribution in [3.63, 3.8) is 0 Å². The van der Waals surface area contributed by atoms with E-state index in [4.69, 9.17) is 9.47 Å². The van der Waals surface area contributed by atoms with Crippen molar-refractivity contribution < 1.29 is 9.47 Å². The number of benzene rings is 1. The predicted molar refractivity (Wildman–Crippen MR) is 89.6 cm³/mol. The number of hydrogen-bond donors (Lipinski definition) is 0. The summed E-state index contributed by atoms with van der Waals surface area (Å²) in [5.41, 5.74) is 1.57. The van der Waals surface area contributed by atoms with Gasteiger partial charge in [-0.05, 0) is 45.4 Å². The van der Waals surface area contributed by atoms with Crippen molar-refractivity contribution in [1.29, 1.82) is 0 Å². The summed E-state index contributed by atoms with van der Waals surface area (Å²) in [6.07, 6.45) is 8.75. The van der Waals surface area contributed by atoms with Gasteiger partial charge >= 0.3 is 0 Å². The molecule has 2 bridgehead atoms. The molecular weight excluding hydrogens is 274 g/mol. The van der Waals surface area contributed by atoms with Gasteiger partial charge in [0, 0.05) is 18.5 Å². The van der Waals surface area contributed by atoms with Gasteiger partial charge in [0.25, 0.3) is 0 Å². The molecule has 3 heteroatoms. The Hall–Kier alpha value is -1.48. The van der Waals surface area contributed by atoms with Gasteiger partial charge in [-0.15, -0.1) is 0 Å². The van der Waals surface area contributed by atoms with Crippen LogP contribution in [-0.4, -0.2) is 37.2 Å². The Labute approximate surface area is 133 Å². The minimum Gasteiger partial charge on any atom is -0.490 e. The van der Waals surface area contributed by atoms with E-state index in [2.05, 4.69) is 18.0 Å². The van der Waals surface area contributed by atoms with Crippen molar-refractivity contribution in [1.82, 2.24) is 4.90 Å². The van der Waals surface area contributed by atoms with Gasteiger partial charge in [-0.3, -0.25) is 4.90 Å². The third-order valence-electron chi connectivity index (χ3n) is 4.89. The first kappa shape index (κ1) is 15.4. The van der Waals surface area contributed by atoms with Crippen LogP contribution in [0.3, 0.4) is 0 Å². The van der Waals surface area contributed by atoms with E-state index in [0.29, 0.717) is 12.6 Å². The highest BCUT2D eigenvalue weighted by Crippen LogP contribution is 2.33. The van der Waals surface area contributed by atoms with E-state index < -0.39 is 0 Å². The second-order valence-electron chi connectivity index (χ2n) is 6.32. The molecule has 0 aromatic heterocycles. The number of likely N-dealkylation sites (N-methyl/N-ethyl adjacent to an activating group) is 1. The van der Waals surface area contributed by atoms with E-state index in [-0.39, 0.29) is 0 Å². The van der Waals surface area contributed by atoms with Crippen molar-refractivity contribution in [3.05, 3.63) is 35.9 Å². The molecule has 1 aromatic rings. The molecule has 0 saturated carbocycles. The lowest BCUT2D eigenvalue weighted by atomic mass is 9.85. The Kier molecular flexibility index (Phi) is 5.04. The van der Waals surface area contributed by atoms with Crippen LogP contribution < -0.4 is 9.47 Å². The summed E-state index contributed by atoms with van der Waals surface area (Å²) in [7, 11) is 2.27. The van der Waals surface area contributed by atoms with E-state index in [9.17, 15) is 0 Å². The lowest BCUT2D eigenvalue weighted by Gasteiger charge is -2.42. The van der Waals surface area contributed by atoms with Crippen LogP contribution in [0.25, 0.3) is 0 Å². The first-order valence-electron chi connectivity index (χ1n) is 8.54. The molecule has 2 atom stereocenters. The lowest BCUT2D eigenvalue weighted by molar-refractivity contribution is 0.127. The highest BCUT2D eigenvalue weighted by molar-refractivity contribution is 5.39. The molecule has 2 heterocycles. The zero-order valence-corrected chi connectivity index (χ0v) is 13.8. The van der Waals surface area contributed by atoms with Gasteiger partial charge in [-0.2, -0.15) is 0 Å². The predicted octanol–water partition coefficient (Wildman–Crippen LogP) is 4.04. The number of rotatable bonds is 6. The van der Waals surface area contributed by atoms with Gasteiger partial charge < -0.3 is 9.47 Å². The van der Waals surface area contributed by atoms with Crippen molar-refractivity contribution in [2.45, 2.75) is 51.1 Å². The molecule has 1 saturated heterocycles. The van der Waals surface area contributed by atoms with E-state index in [1.165, 1.54) is 25.7 Å². The quantitative estimate of drug-likeness (QED) is 0.740. The van der Waals surface area contributed by atoms with Gasteiger partial charge in [0.05, 0.1) is 13.2 Å². The Bertz CT molecular complexity index is 526. The average molecular weight is 301 g/mol. The van der Waals surface area contributed by atoms with Crippen LogP contribution in [-0.2, 0) is 0 Å². The summed E-state index contributed by atoms with van der Waals surface area (Å²) in [6.45, 7) is 3.40. The highest BCUT2D eigenvalue weighted by atomic mass is 16.5. The molecule has 2 aliphatic rings. The minimum absolute atomic E-state index is 0.651. The smallest absolute Gasteiger partial charge is 0.161 e. The topological polar surface area (TPSA) is 21.7 Å². The Balaban J connectivity index is 1.55. The molecule has 0 spiro atoms. The van der Waals surface area contributed by atoms with Gasteiger partial charge in [-0.1, -0.05) is 30.2 Å². The number of hydrogen-bond acceptors (Lipinski definition) is 3. The second kappa shape index (κ2) is 7.19. The van der Waals surface area contributed by atoms with Crippen LogP contribution in [0.5, 0.6) is 11.5 Å².